The Labute approximate surface area is 144 Å². The number of hydrogen-bond donors (Lipinski definition) is 1. The van der Waals surface area contributed by atoms with Gasteiger partial charge in [0.15, 0.2) is 0 Å². The smallest absolute Gasteiger partial charge is 0.317 e. The van der Waals surface area contributed by atoms with E-state index in [2.05, 4.69) is 5.32 Å². The van der Waals surface area contributed by atoms with Gasteiger partial charge < -0.3 is 10.2 Å². The van der Waals surface area contributed by atoms with Crippen molar-refractivity contribution in [3.05, 3.63) is 34.5 Å². The van der Waals surface area contributed by atoms with Crippen LogP contribution in [0.2, 0.25) is 0 Å². The highest BCUT2D eigenvalue weighted by atomic mass is 32.1. The molecule has 0 radical (unpaired) electrons. The zero-order valence-electron chi connectivity index (χ0n) is 13.2. The van der Waals surface area contributed by atoms with Crippen molar-refractivity contribution in [1.29, 1.82) is 0 Å². The van der Waals surface area contributed by atoms with Gasteiger partial charge in [-0.3, -0.25) is 14.5 Å². The first-order chi connectivity index (χ1) is 11.6. The summed E-state index contributed by atoms with van der Waals surface area (Å²) in [6.45, 7) is 1.37. The Hall–Kier alpha value is -2.15. The molecule has 24 heavy (non-hydrogen) atoms. The number of carbonyl (C=O) groups excluding carboxylic acids is 3. The Morgan fingerprint density at radius 1 is 1.17 bits per heavy atom. The van der Waals surface area contributed by atoms with Crippen LogP contribution in [0.1, 0.15) is 17.7 Å². The van der Waals surface area contributed by atoms with Gasteiger partial charge in [0.25, 0.3) is 0 Å². The van der Waals surface area contributed by atoms with Crippen LogP contribution >= 0.6 is 11.3 Å². The van der Waals surface area contributed by atoms with Crippen LogP contribution in [-0.4, -0.2) is 46.8 Å². The minimum Gasteiger partial charge on any atom is -0.333 e. The maximum Gasteiger partial charge on any atom is 0.317 e. The van der Waals surface area contributed by atoms with Gasteiger partial charge in [-0.05, 0) is 24.3 Å². The summed E-state index contributed by atoms with van der Waals surface area (Å²) >= 11 is 1.60. The van der Waals surface area contributed by atoms with Crippen LogP contribution in [0.3, 0.4) is 0 Å². The molecule has 4 rings (SSSR count). The number of carbonyl (C=O) groups is 3. The molecule has 7 heteroatoms. The number of fused-ring (bicyclic) bond motifs is 1. The summed E-state index contributed by atoms with van der Waals surface area (Å²) in [6.07, 6.45) is 5.29. The molecule has 2 aliphatic heterocycles. The van der Waals surface area contributed by atoms with E-state index in [4.69, 9.17) is 0 Å². The molecule has 0 aromatic carbocycles. The largest absolute Gasteiger partial charge is 0.333 e. The van der Waals surface area contributed by atoms with Crippen LogP contribution in [0.15, 0.2) is 29.7 Å². The number of imide groups is 1. The third kappa shape index (κ3) is 2.53. The standard InChI is InChI=1S/C17H19N3O3S/c21-15-13-5-1-2-6-14(13)16(22)20(15)11-9-19(10-11)17(23)18-8-12-4-3-7-24-12/h1-4,7,11,13-14H,5-6,8-10H2,(H,18,23)/t13-,14-/m1/s1. The van der Waals surface area contributed by atoms with Crippen LogP contribution in [0.4, 0.5) is 4.79 Å². The summed E-state index contributed by atoms with van der Waals surface area (Å²) in [5.41, 5.74) is 0. The fourth-order valence-electron chi connectivity index (χ4n) is 3.66. The van der Waals surface area contributed by atoms with Crippen molar-refractivity contribution < 1.29 is 14.4 Å². The van der Waals surface area contributed by atoms with Gasteiger partial charge in [0, 0.05) is 18.0 Å². The molecule has 126 valence electrons. The molecule has 2 atom stereocenters. The molecule has 0 bridgehead atoms. The molecular weight excluding hydrogens is 326 g/mol. The number of thiophene rings is 1. The lowest BCUT2D eigenvalue weighted by Gasteiger charge is -2.43. The summed E-state index contributed by atoms with van der Waals surface area (Å²) in [4.78, 5) is 41.3. The summed E-state index contributed by atoms with van der Waals surface area (Å²) in [7, 11) is 0. The summed E-state index contributed by atoms with van der Waals surface area (Å²) in [5.74, 6) is -0.496. The van der Waals surface area contributed by atoms with Crippen LogP contribution in [-0.2, 0) is 16.1 Å². The molecule has 2 saturated heterocycles. The van der Waals surface area contributed by atoms with Gasteiger partial charge in [0.2, 0.25) is 11.8 Å². The number of nitrogens with one attached hydrogen (secondary N) is 1. The molecule has 1 N–H and O–H groups in total. The molecular formula is C17H19N3O3S. The Balaban J connectivity index is 1.31. The van der Waals surface area contributed by atoms with E-state index < -0.39 is 0 Å². The third-order valence-corrected chi connectivity index (χ3v) is 5.93. The quantitative estimate of drug-likeness (QED) is 0.668. The monoisotopic (exact) mass is 345 g/mol. The molecule has 3 aliphatic rings. The number of likely N-dealkylation sites (tertiary alicyclic amines) is 2. The van der Waals surface area contributed by atoms with Crippen LogP contribution in [0.5, 0.6) is 0 Å². The maximum atomic E-state index is 12.5. The van der Waals surface area contributed by atoms with E-state index in [1.807, 2.05) is 29.7 Å². The Morgan fingerprint density at radius 3 is 2.42 bits per heavy atom. The maximum absolute atomic E-state index is 12.5. The van der Waals surface area contributed by atoms with Crippen molar-refractivity contribution in [2.45, 2.75) is 25.4 Å². The minimum atomic E-state index is -0.191. The first kappa shape index (κ1) is 15.4. The minimum absolute atomic E-state index is 0.0574. The number of urea groups is 1. The van der Waals surface area contributed by atoms with E-state index in [0.29, 0.717) is 32.5 Å². The highest BCUT2D eigenvalue weighted by Crippen LogP contribution is 2.37. The molecule has 2 fully saturated rings. The molecule has 0 spiro atoms. The molecule has 6 nitrogen and oxygen atoms in total. The molecule has 0 saturated carbocycles. The summed E-state index contributed by atoms with van der Waals surface area (Å²) < 4.78 is 0. The second kappa shape index (κ2) is 6.05. The first-order valence-electron chi connectivity index (χ1n) is 8.22. The van der Waals surface area contributed by atoms with Crippen molar-refractivity contribution >= 4 is 29.2 Å². The molecule has 1 aromatic rings. The molecule has 4 amide bonds. The second-order valence-electron chi connectivity index (χ2n) is 6.50. The fraction of sp³-hybridized carbons (Fsp3) is 0.471. The van der Waals surface area contributed by atoms with E-state index >= 15 is 0 Å². The fourth-order valence-corrected chi connectivity index (χ4v) is 4.30. The van der Waals surface area contributed by atoms with Crippen LogP contribution in [0.25, 0.3) is 0 Å². The van der Waals surface area contributed by atoms with E-state index in [0.717, 1.165) is 4.88 Å². The number of rotatable bonds is 3. The van der Waals surface area contributed by atoms with Gasteiger partial charge in [-0.2, -0.15) is 0 Å². The van der Waals surface area contributed by atoms with Gasteiger partial charge in [-0.25, -0.2) is 4.79 Å². The van der Waals surface area contributed by atoms with Gasteiger partial charge >= 0.3 is 6.03 Å². The average Bonchev–Trinajstić information content (AvgIpc) is 3.15. The Bertz CT molecular complexity index is 668. The lowest BCUT2D eigenvalue weighted by atomic mass is 9.85. The molecule has 3 heterocycles. The predicted molar refractivity (Wildman–Crippen MR) is 89.1 cm³/mol. The van der Waals surface area contributed by atoms with E-state index in [1.54, 1.807) is 16.2 Å². The van der Waals surface area contributed by atoms with Gasteiger partial charge in [-0.15, -0.1) is 11.3 Å². The zero-order chi connectivity index (χ0) is 16.7. The van der Waals surface area contributed by atoms with Crippen molar-refractivity contribution in [2.24, 2.45) is 11.8 Å². The Morgan fingerprint density at radius 2 is 1.83 bits per heavy atom. The second-order valence-corrected chi connectivity index (χ2v) is 7.53. The topological polar surface area (TPSA) is 69.7 Å². The van der Waals surface area contributed by atoms with Gasteiger partial charge in [0.1, 0.15) is 0 Å². The highest BCUT2D eigenvalue weighted by Gasteiger charge is 2.52. The van der Waals surface area contributed by atoms with Crippen molar-refractivity contribution in [3.63, 3.8) is 0 Å². The number of hydrogen-bond acceptors (Lipinski definition) is 4. The van der Waals surface area contributed by atoms with E-state index in [-0.39, 0.29) is 35.7 Å². The van der Waals surface area contributed by atoms with Crippen molar-refractivity contribution in [2.75, 3.05) is 13.1 Å². The summed E-state index contributed by atoms with van der Waals surface area (Å²) in [5, 5.41) is 4.84. The van der Waals surface area contributed by atoms with Crippen LogP contribution < -0.4 is 5.32 Å². The summed E-state index contributed by atoms with van der Waals surface area (Å²) in [6, 6.07) is 3.62. The number of amides is 4. The zero-order valence-corrected chi connectivity index (χ0v) is 14.0. The average molecular weight is 345 g/mol. The molecule has 1 aromatic heterocycles. The first-order valence-corrected chi connectivity index (χ1v) is 9.10. The lowest BCUT2D eigenvalue weighted by Crippen LogP contribution is -2.64. The Kier molecular flexibility index (Phi) is 3.88. The van der Waals surface area contributed by atoms with Gasteiger partial charge in [-0.1, -0.05) is 18.2 Å². The van der Waals surface area contributed by atoms with E-state index in [9.17, 15) is 14.4 Å². The van der Waals surface area contributed by atoms with Gasteiger partial charge in [0.05, 0.1) is 24.4 Å². The van der Waals surface area contributed by atoms with E-state index in [1.165, 1.54) is 4.90 Å². The SMILES string of the molecule is O=C(NCc1cccs1)N1CC(N2C(=O)[C@@H]3CC=CC[C@H]3C2=O)C1. The predicted octanol–water partition coefficient (Wildman–Crippen LogP) is 1.59. The molecule has 1 aliphatic carbocycles. The number of nitrogens with zero attached hydrogens (tertiary/aromatic N) is 2. The van der Waals surface area contributed by atoms with Crippen molar-refractivity contribution in [1.82, 2.24) is 15.1 Å². The van der Waals surface area contributed by atoms with Crippen molar-refractivity contribution in [3.8, 4) is 0 Å². The number of allylic oxidation sites excluding steroid dienone is 2. The third-order valence-electron chi connectivity index (χ3n) is 5.05. The van der Waals surface area contributed by atoms with Crippen LogP contribution in [0, 0.1) is 11.8 Å². The normalized spacial score (nSPS) is 26.5. The lowest BCUT2D eigenvalue weighted by molar-refractivity contribution is -0.145. The molecule has 0 unspecified atom stereocenters. The highest BCUT2D eigenvalue weighted by molar-refractivity contribution is 7.09.